The van der Waals surface area contributed by atoms with Gasteiger partial charge in [-0.25, -0.2) is 18.1 Å². The van der Waals surface area contributed by atoms with Crippen molar-refractivity contribution in [3.63, 3.8) is 0 Å². The number of rotatable bonds is 4. The van der Waals surface area contributed by atoms with Gasteiger partial charge in [0.1, 0.15) is 10.7 Å². The van der Waals surface area contributed by atoms with Crippen LogP contribution in [0, 0.1) is 0 Å². The van der Waals surface area contributed by atoms with Gasteiger partial charge in [-0.15, -0.1) is 0 Å². The van der Waals surface area contributed by atoms with Crippen molar-refractivity contribution in [3.05, 3.63) is 59.4 Å². The highest BCUT2D eigenvalue weighted by molar-refractivity contribution is 7.89. The molecule has 0 aliphatic rings. The van der Waals surface area contributed by atoms with Gasteiger partial charge in [-0.2, -0.15) is 0 Å². The number of imidazole rings is 1. The third-order valence-electron chi connectivity index (χ3n) is 3.43. The summed E-state index contributed by atoms with van der Waals surface area (Å²) in [4.78, 5) is 4.50. The molecule has 7 heteroatoms. The lowest BCUT2D eigenvalue weighted by Gasteiger charge is -2.08. The minimum atomic E-state index is -3.68. The SMILES string of the molecule is Cn1c(CNS(=O)(=O)c2ccccc2Cl)nc2ccccc21. The Morgan fingerprint density at radius 1 is 1.14 bits per heavy atom. The van der Waals surface area contributed by atoms with Gasteiger partial charge in [0.2, 0.25) is 10.0 Å². The molecule has 0 amide bonds. The van der Waals surface area contributed by atoms with Crippen molar-refractivity contribution in [2.24, 2.45) is 7.05 Å². The molecule has 0 fully saturated rings. The fraction of sp³-hybridized carbons (Fsp3) is 0.133. The van der Waals surface area contributed by atoms with Crippen LogP contribution < -0.4 is 4.72 Å². The first kappa shape index (κ1) is 15.0. The zero-order valence-corrected chi connectivity index (χ0v) is 13.4. The number of para-hydroxylation sites is 2. The Hall–Kier alpha value is -1.89. The Morgan fingerprint density at radius 2 is 1.82 bits per heavy atom. The highest BCUT2D eigenvalue weighted by Crippen LogP contribution is 2.21. The molecule has 0 bridgehead atoms. The van der Waals surface area contributed by atoms with Crippen LogP contribution in [-0.2, 0) is 23.6 Å². The summed E-state index contributed by atoms with van der Waals surface area (Å²) in [5.41, 5.74) is 1.78. The number of benzene rings is 2. The number of nitrogens with one attached hydrogen (secondary N) is 1. The molecule has 3 rings (SSSR count). The summed E-state index contributed by atoms with van der Waals surface area (Å²) >= 11 is 5.95. The van der Waals surface area contributed by atoms with Crippen LogP contribution in [0.1, 0.15) is 5.82 Å². The lowest BCUT2D eigenvalue weighted by molar-refractivity contribution is 0.578. The van der Waals surface area contributed by atoms with Crippen molar-refractivity contribution in [2.45, 2.75) is 11.4 Å². The van der Waals surface area contributed by atoms with Gasteiger partial charge >= 0.3 is 0 Å². The number of aryl methyl sites for hydroxylation is 1. The molecule has 0 radical (unpaired) electrons. The third kappa shape index (κ3) is 2.72. The van der Waals surface area contributed by atoms with Gasteiger partial charge in [0.25, 0.3) is 0 Å². The summed E-state index contributed by atoms with van der Waals surface area (Å²) in [6, 6.07) is 14.0. The van der Waals surface area contributed by atoms with Gasteiger partial charge in [0.15, 0.2) is 0 Å². The fourth-order valence-corrected chi connectivity index (χ4v) is 3.75. The van der Waals surface area contributed by atoms with Crippen LogP contribution in [0.5, 0.6) is 0 Å². The largest absolute Gasteiger partial charge is 0.330 e. The maximum absolute atomic E-state index is 12.3. The van der Waals surface area contributed by atoms with Crippen molar-refractivity contribution in [1.29, 1.82) is 0 Å². The van der Waals surface area contributed by atoms with Gasteiger partial charge in [0, 0.05) is 7.05 Å². The Labute approximate surface area is 133 Å². The van der Waals surface area contributed by atoms with Crippen molar-refractivity contribution in [3.8, 4) is 0 Å². The summed E-state index contributed by atoms with van der Waals surface area (Å²) < 4.78 is 29.0. The number of hydrogen-bond donors (Lipinski definition) is 1. The first-order valence-electron chi connectivity index (χ1n) is 6.63. The van der Waals surface area contributed by atoms with Gasteiger partial charge < -0.3 is 4.57 Å². The van der Waals surface area contributed by atoms with E-state index in [1.807, 2.05) is 35.9 Å². The number of aromatic nitrogens is 2. The van der Waals surface area contributed by atoms with Crippen molar-refractivity contribution in [2.75, 3.05) is 0 Å². The summed E-state index contributed by atoms with van der Waals surface area (Å²) in [5.74, 6) is 0.636. The van der Waals surface area contributed by atoms with Crippen molar-refractivity contribution in [1.82, 2.24) is 14.3 Å². The molecule has 0 saturated heterocycles. The lowest BCUT2D eigenvalue weighted by atomic mass is 10.3. The molecule has 0 saturated carbocycles. The zero-order valence-electron chi connectivity index (χ0n) is 11.8. The van der Waals surface area contributed by atoms with E-state index in [0.717, 1.165) is 11.0 Å². The molecule has 0 aliphatic carbocycles. The molecular weight excluding hydrogens is 322 g/mol. The van der Waals surface area contributed by atoms with Crippen LogP contribution in [0.2, 0.25) is 5.02 Å². The van der Waals surface area contributed by atoms with Crippen LogP contribution in [0.4, 0.5) is 0 Å². The summed E-state index contributed by atoms with van der Waals surface area (Å²) in [5, 5.41) is 0.194. The van der Waals surface area contributed by atoms with Crippen LogP contribution in [0.3, 0.4) is 0 Å². The van der Waals surface area contributed by atoms with E-state index in [-0.39, 0.29) is 16.5 Å². The van der Waals surface area contributed by atoms with Gasteiger partial charge in [-0.3, -0.25) is 0 Å². The van der Waals surface area contributed by atoms with Crippen LogP contribution in [-0.4, -0.2) is 18.0 Å². The van der Waals surface area contributed by atoms with E-state index in [0.29, 0.717) is 5.82 Å². The normalized spacial score (nSPS) is 11.9. The number of hydrogen-bond acceptors (Lipinski definition) is 3. The van der Waals surface area contributed by atoms with Gasteiger partial charge in [-0.1, -0.05) is 35.9 Å². The van der Waals surface area contributed by atoms with E-state index in [4.69, 9.17) is 11.6 Å². The van der Waals surface area contributed by atoms with E-state index in [1.165, 1.54) is 6.07 Å². The van der Waals surface area contributed by atoms with E-state index in [2.05, 4.69) is 9.71 Å². The molecule has 0 unspecified atom stereocenters. The average molecular weight is 336 g/mol. The Bertz CT molecular complexity index is 935. The molecule has 0 atom stereocenters. The van der Waals surface area contributed by atoms with Gasteiger partial charge in [0.05, 0.1) is 22.6 Å². The molecule has 3 aromatic rings. The Balaban J connectivity index is 1.88. The summed E-state index contributed by atoms with van der Waals surface area (Å²) in [7, 11) is -1.82. The van der Waals surface area contributed by atoms with E-state index in [1.54, 1.807) is 18.2 Å². The minimum absolute atomic E-state index is 0.0652. The smallest absolute Gasteiger partial charge is 0.242 e. The maximum Gasteiger partial charge on any atom is 0.242 e. The predicted octanol–water partition coefficient (Wildman–Crippen LogP) is 2.71. The molecule has 1 N–H and O–H groups in total. The molecule has 114 valence electrons. The second-order valence-corrected chi connectivity index (χ2v) is 6.97. The monoisotopic (exact) mass is 335 g/mol. The third-order valence-corrected chi connectivity index (χ3v) is 5.33. The van der Waals surface area contributed by atoms with Crippen LogP contribution in [0.15, 0.2) is 53.4 Å². The Morgan fingerprint density at radius 3 is 2.55 bits per heavy atom. The Kier molecular flexibility index (Phi) is 3.90. The average Bonchev–Trinajstić information content (AvgIpc) is 2.83. The molecule has 1 heterocycles. The first-order valence-corrected chi connectivity index (χ1v) is 8.50. The first-order chi connectivity index (χ1) is 10.5. The molecule has 1 aromatic heterocycles. The van der Waals surface area contributed by atoms with Crippen molar-refractivity contribution < 1.29 is 8.42 Å². The predicted molar refractivity (Wildman–Crippen MR) is 86.2 cm³/mol. The summed E-state index contributed by atoms with van der Waals surface area (Å²) in [6.07, 6.45) is 0. The quantitative estimate of drug-likeness (QED) is 0.797. The maximum atomic E-state index is 12.3. The minimum Gasteiger partial charge on any atom is -0.330 e. The van der Waals surface area contributed by atoms with E-state index >= 15 is 0 Å². The molecule has 0 aliphatic heterocycles. The van der Waals surface area contributed by atoms with Crippen LogP contribution in [0.25, 0.3) is 11.0 Å². The number of nitrogens with zero attached hydrogens (tertiary/aromatic N) is 2. The van der Waals surface area contributed by atoms with E-state index in [9.17, 15) is 8.42 Å². The zero-order chi connectivity index (χ0) is 15.7. The molecule has 2 aromatic carbocycles. The van der Waals surface area contributed by atoms with Crippen molar-refractivity contribution >= 4 is 32.7 Å². The fourth-order valence-electron chi connectivity index (χ4n) is 2.25. The second-order valence-electron chi connectivity index (χ2n) is 4.83. The highest BCUT2D eigenvalue weighted by atomic mass is 35.5. The molecule has 5 nitrogen and oxygen atoms in total. The topological polar surface area (TPSA) is 64.0 Å². The molecule has 22 heavy (non-hydrogen) atoms. The molecule has 0 spiro atoms. The number of sulfonamides is 1. The lowest BCUT2D eigenvalue weighted by Crippen LogP contribution is -2.25. The van der Waals surface area contributed by atoms with Gasteiger partial charge in [-0.05, 0) is 24.3 Å². The summed E-state index contributed by atoms with van der Waals surface area (Å²) in [6.45, 7) is 0.0960. The van der Waals surface area contributed by atoms with Crippen LogP contribution >= 0.6 is 11.6 Å². The number of halogens is 1. The highest BCUT2D eigenvalue weighted by Gasteiger charge is 2.18. The van der Waals surface area contributed by atoms with E-state index < -0.39 is 10.0 Å². The molecular formula is C15H14ClN3O2S. The standard InChI is InChI=1S/C15H14ClN3O2S/c1-19-13-8-4-3-7-12(13)18-15(19)10-17-22(20,21)14-9-5-2-6-11(14)16/h2-9,17H,10H2,1H3. The number of fused-ring (bicyclic) bond motifs is 1. The second kappa shape index (κ2) is 5.72.